The number of aromatic nitrogens is 1. The Morgan fingerprint density at radius 3 is 2.40 bits per heavy atom. The van der Waals surface area contributed by atoms with E-state index in [0.717, 1.165) is 30.5 Å². The van der Waals surface area contributed by atoms with Crippen molar-refractivity contribution >= 4 is 40.2 Å². The summed E-state index contributed by atoms with van der Waals surface area (Å²) in [5.74, 6) is -1.61. The number of Topliss-reactive ketones (excluding diaryl/α,β-unsaturated/α-hetero) is 1. The Morgan fingerprint density at radius 2 is 1.74 bits per heavy atom. The van der Waals surface area contributed by atoms with Crippen molar-refractivity contribution in [3.63, 3.8) is 0 Å². The first-order chi connectivity index (χ1) is 20.0. The van der Waals surface area contributed by atoms with Crippen LogP contribution in [-0.2, 0) is 17.4 Å². The molecule has 218 valence electrons. The number of carboxylic acids is 1. The highest BCUT2D eigenvalue weighted by atomic mass is 35.5. The van der Waals surface area contributed by atoms with Crippen molar-refractivity contribution in [2.75, 3.05) is 6.54 Å². The monoisotopic (exact) mass is 596 g/mol. The Hall–Kier alpha value is -4.11. The molecular weight excluding hydrogens is 569 g/mol. The zero-order chi connectivity index (χ0) is 30.0. The van der Waals surface area contributed by atoms with Crippen molar-refractivity contribution in [2.24, 2.45) is 11.8 Å². The lowest BCUT2D eigenvalue weighted by molar-refractivity contribution is -0.138. The number of alkyl halides is 3. The van der Waals surface area contributed by atoms with Crippen LogP contribution in [0.4, 0.5) is 13.2 Å². The Morgan fingerprint density at radius 1 is 1.00 bits per heavy atom. The first kappa shape index (κ1) is 29.4. The SMILES string of the molecule is O=C(O)CCNC(=O)c1ccc(CC(CC2CC2)C(=O)c2cc3cc(Cl)ccc3n2-c2cccc(C(F)(F)F)c2)cc1. The van der Waals surface area contributed by atoms with E-state index in [1.165, 1.54) is 6.07 Å². The van der Waals surface area contributed by atoms with Gasteiger partial charge in [-0.05, 0) is 78.9 Å². The molecule has 1 heterocycles. The van der Waals surface area contributed by atoms with E-state index in [-0.39, 0.29) is 30.1 Å². The number of hydrogen-bond acceptors (Lipinski definition) is 3. The van der Waals surface area contributed by atoms with Crippen LogP contribution in [-0.4, -0.2) is 33.9 Å². The molecule has 1 atom stereocenters. The van der Waals surface area contributed by atoms with Gasteiger partial charge in [-0.25, -0.2) is 0 Å². The predicted octanol–water partition coefficient (Wildman–Crippen LogP) is 7.35. The summed E-state index contributed by atoms with van der Waals surface area (Å²) in [4.78, 5) is 37.2. The number of nitrogens with zero attached hydrogens (tertiary/aromatic N) is 1. The highest BCUT2D eigenvalue weighted by Gasteiger charge is 2.33. The molecule has 0 spiro atoms. The maximum Gasteiger partial charge on any atom is 0.416 e. The first-order valence-electron chi connectivity index (χ1n) is 13.6. The molecule has 1 aromatic heterocycles. The average Bonchev–Trinajstić information content (AvgIpc) is 3.69. The molecule has 10 heteroatoms. The van der Waals surface area contributed by atoms with Crippen LogP contribution in [0.2, 0.25) is 5.02 Å². The maximum atomic E-state index is 14.2. The lowest BCUT2D eigenvalue weighted by Gasteiger charge is -2.19. The molecule has 1 amide bonds. The van der Waals surface area contributed by atoms with Crippen LogP contribution in [0.3, 0.4) is 0 Å². The topological polar surface area (TPSA) is 88.4 Å². The standard InChI is InChI=1S/C32H28ClF3N2O4/c33-25-10-11-27-22(16-25)17-28(38(27)26-3-1-2-24(18-26)32(34,35)36)30(41)23(14-19-4-5-19)15-20-6-8-21(9-7-20)31(42)37-13-12-29(39)40/h1-3,6-11,16-19,23H,4-5,12-15H2,(H,37,42)(H,39,40). The molecule has 4 aromatic rings. The van der Waals surface area contributed by atoms with Crippen LogP contribution < -0.4 is 5.32 Å². The normalized spacial score (nSPS) is 14.1. The number of carbonyl (C=O) groups is 3. The van der Waals surface area contributed by atoms with E-state index in [1.807, 2.05) is 0 Å². The number of fused-ring (bicyclic) bond motifs is 1. The first-order valence-corrected chi connectivity index (χ1v) is 14.0. The summed E-state index contributed by atoms with van der Waals surface area (Å²) in [5, 5.41) is 12.4. The van der Waals surface area contributed by atoms with Crippen molar-refractivity contribution in [3.8, 4) is 5.69 Å². The minimum atomic E-state index is -4.54. The quantitative estimate of drug-likeness (QED) is 0.177. The van der Waals surface area contributed by atoms with Gasteiger partial charge in [0.25, 0.3) is 5.91 Å². The zero-order valence-electron chi connectivity index (χ0n) is 22.5. The summed E-state index contributed by atoms with van der Waals surface area (Å²) in [7, 11) is 0. The fourth-order valence-electron chi connectivity index (χ4n) is 5.18. The van der Waals surface area contributed by atoms with E-state index in [2.05, 4.69) is 5.32 Å². The van der Waals surface area contributed by atoms with Gasteiger partial charge in [-0.1, -0.05) is 42.6 Å². The third-order valence-corrected chi connectivity index (χ3v) is 7.69. The fraction of sp³-hybridized carbons (Fsp3) is 0.281. The predicted molar refractivity (Wildman–Crippen MR) is 153 cm³/mol. The number of amides is 1. The van der Waals surface area contributed by atoms with Gasteiger partial charge < -0.3 is 15.0 Å². The summed E-state index contributed by atoms with van der Waals surface area (Å²) < 4.78 is 42.3. The van der Waals surface area contributed by atoms with Gasteiger partial charge in [0.1, 0.15) is 0 Å². The van der Waals surface area contributed by atoms with Gasteiger partial charge >= 0.3 is 12.1 Å². The average molecular weight is 597 g/mol. The summed E-state index contributed by atoms with van der Waals surface area (Å²) >= 11 is 6.22. The summed E-state index contributed by atoms with van der Waals surface area (Å²) in [6.45, 7) is 0.0129. The number of rotatable bonds is 11. The summed E-state index contributed by atoms with van der Waals surface area (Å²) in [6.07, 6.45) is -1.66. The molecule has 2 N–H and O–H groups in total. The van der Waals surface area contributed by atoms with Crippen LogP contribution >= 0.6 is 11.6 Å². The molecule has 1 aliphatic rings. The molecule has 1 aliphatic carbocycles. The van der Waals surface area contributed by atoms with Gasteiger partial charge in [0.15, 0.2) is 5.78 Å². The molecular formula is C32H28ClF3N2O4. The van der Waals surface area contributed by atoms with Crippen LogP contribution in [0.15, 0.2) is 72.8 Å². The Bertz CT molecular complexity index is 1640. The van der Waals surface area contributed by atoms with Gasteiger partial charge in [-0.3, -0.25) is 14.4 Å². The summed E-state index contributed by atoms with van der Waals surface area (Å²) in [6, 6.07) is 18.4. The van der Waals surface area contributed by atoms with Gasteiger partial charge in [0.2, 0.25) is 0 Å². The second kappa shape index (κ2) is 12.0. The van der Waals surface area contributed by atoms with Crippen LogP contribution in [0, 0.1) is 11.8 Å². The highest BCUT2D eigenvalue weighted by molar-refractivity contribution is 6.31. The number of nitrogens with one attached hydrogen (secondary N) is 1. The third kappa shape index (κ3) is 6.85. The van der Waals surface area contributed by atoms with Crippen molar-refractivity contribution < 1.29 is 32.7 Å². The maximum absolute atomic E-state index is 14.2. The van der Waals surface area contributed by atoms with E-state index < -0.39 is 29.5 Å². The van der Waals surface area contributed by atoms with Crippen LogP contribution in [0.1, 0.15) is 57.7 Å². The third-order valence-electron chi connectivity index (χ3n) is 7.46. The lowest BCUT2D eigenvalue weighted by Crippen LogP contribution is -2.26. The number of carboxylic acid groups (broad SMARTS) is 1. The molecule has 3 aromatic carbocycles. The molecule has 0 radical (unpaired) electrons. The van der Waals surface area contributed by atoms with E-state index in [1.54, 1.807) is 59.2 Å². The van der Waals surface area contributed by atoms with E-state index in [4.69, 9.17) is 16.7 Å². The molecule has 6 nitrogen and oxygen atoms in total. The minimum Gasteiger partial charge on any atom is -0.481 e. The van der Waals surface area contributed by atoms with Crippen molar-refractivity contribution in [1.29, 1.82) is 0 Å². The molecule has 1 saturated carbocycles. The number of benzene rings is 3. The molecule has 0 bridgehead atoms. The van der Waals surface area contributed by atoms with Crippen molar-refractivity contribution in [2.45, 2.75) is 38.3 Å². The molecule has 0 aliphatic heterocycles. The molecule has 0 saturated heterocycles. The Labute approximate surface area is 245 Å². The van der Waals surface area contributed by atoms with E-state index in [9.17, 15) is 27.6 Å². The number of hydrogen-bond donors (Lipinski definition) is 2. The van der Waals surface area contributed by atoms with E-state index in [0.29, 0.717) is 40.2 Å². The number of aliphatic carboxylic acids is 1. The number of ketones is 1. The molecule has 1 unspecified atom stereocenters. The van der Waals surface area contributed by atoms with Gasteiger partial charge in [-0.15, -0.1) is 0 Å². The smallest absolute Gasteiger partial charge is 0.416 e. The van der Waals surface area contributed by atoms with Crippen molar-refractivity contribution in [3.05, 3.63) is 100 Å². The highest BCUT2D eigenvalue weighted by Crippen LogP contribution is 2.39. The van der Waals surface area contributed by atoms with Crippen molar-refractivity contribution in [1.82, 2.24) is 9.88 Å². The van der Waals surface area contributed by atoms with Crippen LogP contribution in [0.5, 0.6) is 0 Å². The van der Waals surface area contributed by atoms with Gasteiger partial charge in [0.05, 0.1) is 23.2 Å². The zero-order valence-corrected chi connectivity index (χ0v) is 23.2. The lowest BCUT2D eigenvalue weighted by atomic mass is 9.88. The minimum absolute atomic E-state index is 0.0129. The molecule has 5 rings (SSSR count). The summed E-state index contributed by atoms with van der Waals surface area (Å²) in [5.41, 5.74) is 1.48. The second-order valence-corrected chi connectivity index (χ2v) is 11.1. The number of halogens is 4. The molecule has 42 heavy (non-hydrogen) atoms. The second-order valence-electron chi connectivity index (χ2n) is 10.7. The Balaban J connectivity index is 1.46. The Kier molecular flexibility index (Phi) is 8.41. The largest absolute Gasteiger partial charge is 0.481 e. The van der Waals surface area contributed by atoms with Gasteiger partial charge in [-0.2, -0.15) is 13.2 Å². The number of carbonyl (C=O) groups excluding carboxylic acids is 2. The fourth-order valence-corrected chi connectivity index (χ4v) is 5.36. The van der Waals surface area contributed by atoms with Gasteiger partial charge in [0, 0.05) is 34.1 Å². The van der Waals surface area contributed by atoms with Crippen LogP contribution in [0.25, 0.3) is 16.6 Å². The molecule has 1 fully saturated rings. The van der Waals surface area contributed by atoms with E-state index >= 15 is 0 Å².